The summed E-state index contributed by atoms with van der Waals surface area (Å²) in [5.74, 6) is -1.06. The molecule has 4 aliphatic heterocycles. The molecule has 1 unspecified atom stereocenters. The number of piperidine rings is 1. The molecule has 1 aromatic heterocycles. The molecule has 7 aliphatic rings. The molecule has 3 N–H and O–H groups in total. The molecule has 3 bridgehead atoms. The van der Waals surface area contributed by atoms with Crippen LogP contribution in [0, 0.1) is 11.8 Å². The number of nitrogens with zero attached hydrogens (tertiary/aromatic N) is 3. The minimum absolute atomic E-state index is 0.00702. The number of carbonyl (C=O) groups excluding carboxylic acids is 4. The van der Waals surface area contributed by atoms with Crippen LogP contribution >= 0.6 is 0 Å². The Morgan fingerprint density at radius 2 is 1.76 bits per heavy atom. The van der Waals surface area contributed by atoms with Crippen molar-refractivity contribution < 1.29 is 41.8 Å². The molecule has 3 aliphatic carbocycles. The van der Waals surface area contributed by atoms with Gasteiger partial charge in [-0.1, -0.05) is 49.6 Å². The molecule has 9 rings (SSSR count). The largest absolute Gasteiger partial charge is 0.491 e. The van der Waals surface area contributed by atoms with Gasteiger partial charge in [0, 0.05) is 24.3 Å². The van der Waals surface area contributed by atoms with Gasteiger partial charge in [-0.05, 0) is 121 Å². The van der Waals surface area contributed by atoms with Crippen LogP contribution in [0.5, 0.6) is 11.6 Å². The van der Waals surface area contributed by atoms with Gasteiger partial charge in [-0.3, -0.25) is 24.0 Å². The van der Waals surface area contributed by atoms with Crippen molar-refractivity contribution in [3.63, 3.8) is 0 Å². The summed E-state index contributed by atoms with van der Waals surface area (Å²) in [4.78, 5) is 65.9. The van der Waals surface area contributed by atoms with E-state index >= 15 is 0 Å². The summed E-state index contributed by atoms with van der Waals surface area (Å²) in [6, 6.07) is 5.70. The van der Waals surface area contributed by atoms with Crippen LogP contribution in [0.3, 0.4) is 0 Å². The van der Waals surface area contributed by atoms with Gasteiger partial charge in [0.1, 0.15) is 42.2 Å². The summed E-state index contributed by atoms with van der Waals surface area (Å²) in [7, 11) is -4.00. The molecule has 63 heavy (non-hydrogen) atoms. The van der Waals surface area contributed by atoms with Gasteiger partial charge in [-0.2, -0.15) is 0 Å². The van der Waals surface area contributed by atoms with E-state index in [1.165, 1.54) is 24.2 Å². The number of fused-ring (bicyclic) bond motifs is 6. The van der Waals surface area contributed by atoms with Crippen molar-refractivity contribution in [1.82, 2.24) is 30.1 Å². The highest BCUT2D eigenvalue weighted by molar-refractivity contribution is 7.91. The van der Waals surface area contributed by atoms with Gasteiger partial charge in [0.2, 0.25) is 27.7 Å². The van der Waals surface area contributed by atoms with Crippen LogP contribution in [-0.4, -0.2) is 114 Å². The quantitative estimate of drug-likeness (QED) is 0.298. The molecule has 5 heterocycles. The number of para-hydroxylation sites is 1. The molecule has 15 nitrogen and oxygen atoms in total. The number of aromatic nitrogens is 1. The Labute approximate surface area is 370 Å². The van der Waals surface area contributed by atoms with Crippen LogP contribution in [0.2, 0.25) is 0 Å². The predicted molar refractivity (Wildman–Crippen MR) is 236 cm³/mol. The molecular weight excluding hydrogens is 825 g/mol. The fraction of sp³-hybridized carbons (Fsp3) is 0.638. The average Bonchev–Trinajstić information content (AvgIpc) is 4.23. The minimum Gasteiger partial charge on any atom is -0.491 e. The normalized spacial score (nSPS) is 32.3. The van der Waals surface area contributed by atoms with Gasteiger partial charge in [-0.15, -0.1) is 0 Å². The van der Waals surface area contributed by atoms with E-state index in [1.54, 1.807) is 6.92 Å². The van der Waals surface area contributed by atoms with E-state index in [-0.39, 0.29) is 31.4 Å². The third kappa shape index (κ3) is 9.57. The smallest absolute Gasteiger partial charge is 0.408 e. The number of ether oxygens (including phenoxy) is 3. The first-order valence-electron chi connectivity index (χ1n) is 23.4. The first kappa shape index (κ1) is 43.5. The third-order valence-corrected chi connectivity index (χ3v) is 16.5. The van der Waals surface area contributed by atoms with Crippen LogP contribution in [0.1, 0.15) is 115 Å². The zero-order chi connectivity index (χ0) is 43.8. The molecule has 5 fully saturated rings. The second kappa shape index (κ2) is 18.1. The Hall–Kier alpha value is -4.70. The van der Waals surface area contributed by atoms with Gasteiger partial charge in [0.25, 0.3) is 5.91 Å². The average molecular weight is 887 g/mol. The molecule has 340 valence electrons. The number of hydrogen-bond donors (Lipinski definition) is 3. The highest BCUT2D eigenvalue weighted by Gasteiger charge is 2.63. The van der Waals surface area contributed by atoms with Crippen LogP contribution in [0.4, 0.5) is 4.79 Å². The summed E-state index contributed by atoms with van der Waals surface area (Å²) >= 11 is 0. The maximum Gasteiger partial charge on any atom is 0.408 e. The fourth-order valence-corrected chi connectivity index (χ4v) is 11.1. The minimum atomic E-state index is -4.00. The monoisotopic (exact) mass is 886 g/mol. The van der Waals surface area contributed by atoms with Crippen molar-refractivity contribution in [2.45, 2.75) is 144 Å². The number of benzene rings is 1. The van der Waals surface area contributed by atoms with Crippen molar-refractivity contribution in [3.8, 4) is 11.6 Å². The summed E-state index contributed by atoms with van der Waals surface area (Å²) in [6.45, 7) is 4.96. The first-order valence-corrected chi connectivity index (χ1v) is 24.9. The van der Waals surface area contributed by atoms with Gasteiger partial charge in [-0.25, -0.2) is 18.2 Å². The van der Waals surface area contributed by atoms with Crippen LogP contribution < -0.4 is 24.8 Å². The third-order valence-electron chi connectivity index (χ3n) is 14.3. The molecule has 2 aromatic rings. The second-order valence-corrected chi connectivity index (χ2v) is 21.3. The van der Waals surface area contributed by atoms with Crippen molar-refractivity contribution >= 4 is 50.8 Å². The Bertz CT molecular complexity index is 2260. The summed E-state index contributed by atoms with van der Waals surface area (Å²) in [6.07, 6.45) is 17.7. The van der Waals surface area contributed by atoms with Gasteiger partial charge < -0.3 is 29.7 Å². The van der Waals surface area contributed by atoms with Crippen molar-refractivity contribution in [2.75, 3.05) is 32.8 Å². The Morgan fingerprint density at radius 3 is 2.59 bits per heavy atom. The highest BCUT2D eigenvalue weighted by Crippen LogP contribution is 2.48. The van der Waals surface area contributed by atoms with E-state index in [4.69, 9.17) is 19.2 Å². The van der Waals surface area contributed by atoms with Crippen molar-refractivity contribution in [3.05, 3.63) is 48.1 Å². The van der Waals surface area contributed by atoms with Crippen LogP contribution in [0.25, 0.3) is 17.0 Å². The Kier molecular flexibility index (Phi) is 12.5. The lowest BCUT2D eigenvalue weighted by Crippen LogP contribution is -2.58. The van der Waals surface area contributed by atoms with E-state index in [0.29, 0.717) is 61.4 Å². The fourth-order valence-electron chi connectivity index (χ4n) is 9.81. The van der Waals surface area contributed by atoms with E-state index in [1.807, 2.05) is 42.5 Å². The lowest BCUT2D eigenvalue weighted by atomic mass is 10.0. The van der Waals surface area contributed by atoms with Crippen LogP contribution in [-0.2, 0) is 29.1 Å². The van der Waals surface area contributed by atoms with E-state index < -0.39 is 68.2 Å². The summed E-state index contributed by atoms with van der Waals surface area (Å²) < 4.78 is 47.2. The zero-order valence-electron chi connectivity index (χ0n) is 36.4. The number of amides is 4. The molecule has 0 radical (unpaired) electrons. The summed E-state index contributed by atoms with van der Waals surface area (Å²) in [5, 5.41) is 6.67. The number of likely N-dealkylation sites (tertiary alicyclic amines) is 1. The number of sulfonamides is 1. The maximum atomic E-state index is 14.8. The molecule has 16 heteroatoms. The predicted octanol–water partition coefficient (Wildman–Crippen LogP) is 5.52. The van der Waals surface area contributed by atoms with Gasteiger partial charge in [0.15, 0.2) is 0 Å². The maximum absolute atomic E-state index is 14.8. The number of alkyl carbamates (subject to hydrolysis) is 1. The number of nitrogens with one attached hydrogen (secondary N) is 3. The molecule has 4 amide bonds. The van der Waals surface area contributed by atoms with Crippen LogP contribution in [0.15, 0.2) is 42.5 Å². The Morgan fingerprint density at radius 1 is 0.968 bits per heavy atom. The number of hydrogen-bond acceptors (Lipinski definition) is 11. The van der Waals surface area contributed by atoms with Crippen molar-refractivity contribution in [1.29, 1.82) is 0 Å². The molecule has 3 saturated carbocycles. The number of carbonyl (C=O) groups is 4. The van der Waals surface area contributed by atoms with E-state index in [2.05, 4.69) is 26.3 Å². The molecule has 2 saturated heterocycles. The molecule has 0 spiro atoms. The lowest BCUT2D eigenvalue weighted by Gasteiger charge is -2.30. The number of pyridine rings is 1. The SMILES string of the molecule is CC1(S(=O)(=O)NC(=O)[C@@]23CC2/C=C\CCCCC[C@@H]2NC(=O)O[C@@H]4C[C@H]4CCC/C=C/c4c(nc5ccccc5c4OCCN4CCCCC4)O[C@@H]4C[C@@H](C(=O)N3)N(C4)C2=O)CC1. The highest BCUT2D eigenvalue weighted by atomic mass is 32.2. The Balaban J connectivity index is 1.06. The standard InChI is InChI=1S/C47H62N6O9S/c1-46(21-22-46)63(58,59)51-44(56)47-29-32(47)16-8-3-2-4-10-20-37-43(55)53-30-33(28-38(53)41(54)50-47)61-42-35(18-9-5-7-15-31-27-39(31)62-45(57)49-37)40(34-17-11-12-19-36(34)48-42)60-26-25-52-23-13-6-14-24-52/h8-9,11-12,16-19,31-33,37-39H,2-7,10,13-15,20-30H2,1H3,(H,49,57)(H,50,54)(H,51,56)/b16-8-,18-9+/t31-,32?,33-,37+,38+,39-,47-/m1/s1. The van der Waals surface area contributed by atoms with E-state index in [0.717, 1.165) is 63.5 Å². The van der Waals surface area contributed by atoms with Gasteiger partial charge >= 0.3 is 6.09 Å². The number of allylic oxidation sites excluding steroid dienone is 2. The second-order valence-electron chi connectivity index (χ2n) is 19.1. The summed E-state index contributed by atoms with van der Waals surface area (Å²) in [5.41, 5.74) is -0.160. The zero-order valence-corrected chi connectivity index (χ0v) is 37.2. The topological polar surface area (TPSA) is 186 Å². The molecule has 7 atom stereocenters. The van der Waals surface area contributed by atoms with E-state index in [9.17, 15) is 27.6 Å². The van der Waals surface area contributed by atoms with Crippen molar-refractivity contribution in [2.24, 2.45) is 11.8 Å². The lowest BCUT2D eigenvalue weighted by molar-refractivity contribution is -0.141. The molecular formula is C47H62N6O9S. The molecule has 1 aromatic carbocycles. The first-order chi connectivity index (χ1) is 30.4. The van der Waals surface area contributed by atoms with Gasteiger partial charge in [0.05, 0.1) is 22.4 Å². The number of rotatable bonds is 7.